The van der Waals surface area contributed by atoms with E-state index in [0.29, 0.717) is 22.2 Å². The lowest BCUT2D eigenvalue weighted by Crippen LogP contribution is -2.24. The number of ether oxygens (including phenoxy) is 3. The van der Waals surface area contributed by atoms with Crippen LogP contribution in [0.3, 0.4) is 0 Å². The topological polar surface area (TPSA) is 68.8 Å². The Morgan fingerprint density at radius 1 is 1.00 bits per heavy atom. The first-order valence-corrected chi connectivity index (χ1v) is 7.74. The summed E-state index contributed by atoms with van der Waals surface area (Å²) < 4.78 is 15.4. The molecule has 0 aliphatic rings. The van der Waals surface area contributed by atoms with Gasteiger partial charge in [-0.25, -0.2) is 4.79 Å². The van der Waals surface area contributed by atoms with Crippen LogP contribution >= 0.6 is 11.6 Å². The van der Waals surface area contributed by atoms with Gasteiger partial charge in [0.25, 0.3) is 0 Å². The molecule has 0 unspecified atom stereocenters. The number of urea groups is 1. The number of rotatable bonds is 6. The average molecular weight is 363 g/mol. The first kappa shape index (κ1) is 18.5. The van der Waals surface area contributed by atoms with Crippen molar-refractivity contribution in [3.8, 4) is 17.2 Å². The minimum absolute atomic E-state index is 0.393. The van der Waals surface area contributed by atoms with Crippen molar-refractivity contribution >= 4 is 29.4 Å². The van der Waals surface area contributed by atoms with Gasteiger partial charge in [-0.3, -0.25) is 0 Å². The van der Waals surface area contributed by atoms with Gasteiger partial charge in [0.15, 0.2) is 0 Å². The largest absolute Gasteiger partial charge is 0.497 e. The van der Waals surface area contributed by atoms with Gasteiger partial charge in [-0.1, -0.05) is 23.7 Å². The van der Waals surface area contributed by atoms with Gasteiger partial charge in [0.05, 0.1) is 32.0 Å². The van der Waals surface area contributed by atoms with Crippen molar-refractivity contribution in [2.45, 2.75) is 0 Å². The molecule has 7 heteroatoms. The van der Waals surface area contributed by atoms with E-state index in [1.807, 2.05) is 24.3 Å². The van der Waals surface area contributed by atoms with E-state index >= 15 is 0 Å². The third-order valence-electron chi connectivity index (χ3n) is 3.33. The lowest BCUT2D eigenvalue weighted by Gasteiger charge is -2.12. The highest BCUT2D eigenvalue weighted by Crippen LogP contribution is 2.35. The average Bonchev–Trinajstić information content (AvgIpc) is 2.63. The van der Waals surface area contributed by atoms with E-state index in [0.717, 1.165) is 11.3 Å². The number of amides is 2. The van der Waals surface area contributed by atoms with Gasteiger partial charge in [-0.2, -0.15) is 0 Å². The van der Waals surface area contributed by atoms with Gasteiger partial charge in [-0.15, -0.1) is 0 Å². The van der Waals surface area contributed by atoms with Crippen LogP contribution in [0, 0.1) is 0 Å². The van der Waals surface area contributed by atoms with E-state index in [1.165, 1.54) is 20.4 Å². The van der Waals surface area contributed by atoms with E-state index in [2.05, 4.69) is 10.6 Å². The lowest BCUT2D eigenvalue weighted by atomic mass is 10.2. The standard InChI is InChI=1S/C18H19ClN2O4/c1-23-13-6-4-12(5-7-13)8-9-20-18(22)21-15-11-16(24-2)14(19)10-17(15)25-3/h4-11H,1-3H3,(H2,20,21,22)/b9-8+. The number of nitrogens with one attached hydrogen (secondary N) is 2. The first-order valence-electron chi connectivity index (χ1n) is 7.37. The van der Waals surface area contributed by atoms with Crippen molar-refractivity contribution in [3.63, 3.8) is 0 Å². The summed E-state index contributed by atoms with van der Waals surface area (Å²) in [6.45, 7) is 0. The van der Waals surface area contributed by atoms with Crippen molar-refractivity contribution in [2.24, 2.45) is 0 Å². The SMILES string of the molecule is COc1ccc(/C=C/NC(=O)Nc2cc(OC)c(Cl)cc2OC)cc1. The van der Waals surface area contributed by atoms with E-state index in [-0.39, 0.29) is 0 Å². The summed E-state index contributed by atoms with van der Waals surface area (Å²) in [5, 5.41) is 5.70. The third kappa shape index (κ3) is 5.06. The number of halogens is 1. The van der Waals surface area contributed by atoms with Crippen molar-refractivity contribution in [2.75, 3.05) is 26.6 Å². The summed E-state index contributed by atoms with van der Waals surface area (Å²) >= 11 is 6.04. The van der Waals surface area contributed by atoms with Crippen LogP contribution in [0.25, 0.3) is 6.08 Å². The summed E-state index contributed by atoms with van der Waals surface area (Å²) in [6.07, 6.45) is 3.30. The number of methoxy groups -OCH3 is 3. The van der Waals surface area contributed by atoms with E-state index in [1.54, 1.807) is 25.3 Å². The minimum Gasteiger partial charge on any atom is -0.497 e. The first-order chi connectivity index (χ1) is 12.1. The number of hydrogen-bond donors (Lipinski definition) is 2. The second-order valence-corrected chi connectivity index (χ2v) is 5.30. The highest BCUT2D eigenvalue weighted by molar-refractivity contribution is 6.32. The summed E-state index contributed by atoms with van der Waals surface area (Å²) in [5.41, 5.74) is 1.37. The fourth-order valence-electron chi connectivity index (χ4n) is 2.05. The molecule has 2 rings (SSSR count). The molecule has 0 saturated heterocycles. The zero-order valence-electron chi connectivity index (χ0n) is 14.1. The fourth-order valence-corrected chi connectivity index (χ4v) is 2.28. The lowest BCUT2D eigenvalue weighted by molar-refractivity contribution is 0.255. The van der Waals surface area contributed by atoms with Gasteiger partial charge < -0.3 is 24.8 Å². The Bertz CT molecular complexity index is 760. The van der Waals surface area contributed by atoms with Crippen LogP contribution in [0.15, 0.2) is 42.6 Å². The van der Waals surface area contributed by atoms with Gasteiger partial charge in [0, 0.05) is 18.3 Å². The molecule has 0 heterocycles. The molecule has 0 radical (unpaired) electrons. The summed E-state index contributed by atoms with van der Waals surface area (Å²) in [6, 6.07) is 10.2. The van der Waals surface area contributed by atoms with Crippen molar-refractivity contribution in [3.05, 3.63) is 53.2 Å². The van der Waals surface area contributed by atoms with Gasteiger partial charge in [0.1, 0.15) is 17.2 Å². The van der Waals surface area contributed by atoms with Crippen LogP contribution in [0.4, 0.5) is 10.5 Å². The Hall–Kier alpha value is -2.86. The number of anilines is 1. The maximum atomic E-state index is 12.0. The quantitative estimate of drug-likeness (QED) is 0.809. The monoisotopic (exact) mass is 362 g/mol. The van der Waals surface area contributed by atoms with Gasteiger partial charge in [0.2, 0.25) is 0 Å². The van der Waals surface area contributed by atoms with Gasteiger partial charge in [-0.05, 0) is 23.8 Å². The molecular formula is C18H19ClN2O4. The molecule has 0 aliphatic carbocycles. The Morgan fingerprint density at radius 3 is 2.28 bits per heavy atom. The Balaban J connectivity index is 2.00. The van der Waals surface area contributed by atoms with Crippen molar-refractivity contribution < 1.29 is 19.0 Å². The molecule has 2 aromatic carbocycles. The number of hydrogen-bond acceptors (Lipinski definition) is 4. The predicted molar refractivity (Wildman–Crippen MR) is 98.7 cm³/mol. The Morgan fingerprint density at radius 2 is 1.68 bits per heavy atom. The van der Waals surface area contributed by atoms with Gasteiger partial charge >= 0.3 is 6.03 Å². The summed E-state index contributed by atoms with van der Waals surface area (Å²) in [4.78, 5) is 12.0. The molecule has 2 aromatic rings. The molecular weight excluding hydrogens is 344 g/mol. The van der Waals surface area contributed by atoms with Crippen LogP contribution in [-0.4, -0.2) is 27.4 Å². The molecule has 0 saturated carbocycles. The second kappa shape index (κ2) is 8.84. The molecule has 2 amide bonds. The summed E-state index contributed by atoms with van der Waals surface area (Å²) in [7, 11) is 4.59. The molecule has 0 aliphatic heterocycles. The molecule has 0 spiro atoms. The summed E-state index contributed by atoms with van der Waals surface area (Å²) in [5.74, 6) is 1.64. The Labute approximate surface area is 151 Å². The highest BCUT2D eigenvalue weighted by atomic mass is 35.5. The molecule has 0 bridgehead atoms. The minimum atomic E-state index is -0.424. The zero-order valence-corrected chi connectivity index (χ0v) is 14.9. The molecule has 132 valence electrons. The predicted octanol–water partition coefficient (Wildman–Crippen LogP) is 4.16. The highest BCUT2D eigenvalue weighted by Gasteiger charge is 2.11. The Kier molecular flexibility index (Phi) is 6.54. The maximum Gasteiger partial charge on any atom is 0.323 e. The van der Waals surface area contributed by atoms with Crippen LogP contribution in [0.1, 0.15) is 5.56 Å². The molecule has 0 atom stereocenters. The van der Waals surface area contributed by atoms with Crippen molar-refractivity contribution in [1.29, 1.82) is 0 Å². The third-order valence-corrected chi connectivity index (χ3v) is 3.62. The van der Waals surface area contributed by atoms with Crippen LogP contribution in [0.5, 0.6) is 17.2 Å². The fraction of sp³-hybridized carbons (Fsp3) is 0.167. The molecule has 0 fully saturated rings. The zero-order chi connectivity index (χ0) is 18.2. The molecule has 25 heavy (non-hydrogen) atoms. The van der Waals surface area contributed by atoms with E-state index < -0.39 is 6.03 Å². The second-order valence-electron chi connectivity index (χ2n) is 4.89. The normalized spacial score (nSPS) is 10.4. The van der Waals surface area contributed by atoms with E-state index in [4.69, 9.17) is 25.8 Å². The van der Waals surface area contributed by atoms with Crippen molar-refractivity contribution in [1.82, 2.24) is 5.32 Å². The number of carbonyl (C=O) groups excluding carboxylic acids is 1. The molecule has 2 N–H and O–H groups in total. The van der Waals surface area contributed by atoms with Crippen LogP contribution in [0.2, 0.25) is 5.02 Å². The number of carbonyl (C=O) groups is 1. The molecule has 0 aromatic heterocycles. The smallest absolute Gasteiger partial charge is 0.323 e. The van der Waals surface area contributed by atoms with Crippen LogP contribution in [-0.2, 0) is 0 Å². The number of benzene rings is 2. The van der Waals surface area contributed by atoms with Crippen LogP contribution < -0.4 is 24.8 Å². The maximum absolute atomic E-state index is 12.0. The van der Waals surface area contributed by atoms with E-state index in [9.17, 15) is 4.79 Å². The molecule has 6 nitrogen and oxygen atoms in total.